The van der Waals surface area contributed by atoms with Crippen LogP contribution in [0.5, 0.6) is 0 Å². The minimum Gasteiger partial charge on any atom is -0.388 e. The van der Waals surface area contributed by atoms with Gasteiger partial charge in [0.05, 0.1) is 5.60 Å². The summed E-state index contributed by atoms with van der Waals surface area (Å²) in [4.78, 5) is 0. The Kier molecular flexibility index (Phi) is 3.76. The zero-order valence-electron chi connectivity index (χ0n) is 8.22. The van der Waals surface area contributed by atoms with Crippen LogP contribution in [-0.4, -0.2) is 17.3 Å². The monoisotopic (exact) mass is 169 g/mol. The lowest BCUT2D eigenvalue weighted by molar-refractivity contribution is -0.0550. The molecule has 0 spiro atoms. The summed E-state index contributed by atoms with van der Waals surface area (Å²) < 4.78 is 0. The predicted molar refractivity (Wildman–Crippen MR) is 51.5 cm³/mol. The van der Waals surface area contributed by atoms with Crippen molar-refractivity contribution in [1.29, 1.82) is 0 Å². The van der Waals surface area contributed by atoms with Crippen LogP contribution in [0.4, 0.5) is 0 Å². The summed E-state index contributed by atoms with van der Waals surface area (Å²) >= 11 is 0. The van der Waals surface area contributed by atoms with Crippen LogP contribution in [0.2, 0.25) is 0 Å². The Morgan fingerprint density at radius 3 is 2.17 bits per heavy atom. The molecule has 0 fully saturated rings. The van der Waals surface area contributed by atoms with Gasteiger partial charge in [0.15, 0.2) is 0 Å². The molecule has 12 heavy (non-hydrogen) atoms. The maximum atomic E-state index is 10.1. The zero-order chi connectivity index (χ0) is 9.83. The maximum absolute atomic E-state index is 10.1. The molecule has 0 aliphatic heterocycles. The predicted octanol–water partition coefficient (Wildman–Crippen LogP) is 1.14. The summed E-state index contributed by atoms with van der Waals surface area (Å²) in [5, 5.41) is 10.1. The summed E-state index contributed by atoms with van der Waals surface area (Å²) in [6.07, 6.45) is 6.28. The molecule has 2 nitrogen and oxygen atoms in total. The van der Waals surface area contributed by atoms with Gasteiger partial charge < -0.3 is 10.8 Å². The molecular weight excluding hydrogens is 150 g/mol. The second-order valence-corrected chi connectivity index (χ2v) is 4.19. The first-order chi connectivity index (χ1) is 5.37. The minimum absolute atomic E-state index is 0.210. The van der Waals surface area contributed by atoms with Crippen molar-refractivity contribution >= 4 is 0 Å². The zero-order valence-corrected chi connectivity index (χ0v) is 8.22. The van der Waals surface area contributed by atoms with Crippen LogP contribution >= 0.6 is 0 Å². The lowest BCUT2D eigenvalue weighted by atomic mass is 9.74. The normalized spacial score (nSPS) is 16.7. The fourth-order valence-electron chi connectivity index (χ4n) is 1.06. The van der Waals surface area contributed by atoms with Crippen molar-refractivity contribution in [2.45, 2.75) is 39.2 Å². The third-order valence-corrected chi connectivity index (χ3v) is 2.42. The van der Waals surface area contributed by atoms with Gasteiger partial charge in [0, 0.05) is 13.0 Å². The van der Waals surface area contributed by atoms with Crippen molar-refractivity contribution in [3.63, 3.8) is 0 Å². The molecule has 1 atom stereocenters. The number of hydrogen-bond acceptors (Lipinski definition) is 2. The van der Waals surface area contributed by atoms with E-state index in [0.29, 0.717) is 12.8 Å². The molecular formula is C10H19NO. The SMILES string of the molecule is C#CCCC(O)(CN)C(C)(C)C. The standard InChI is InChI=1S/C10H19NO/c1-5-6-7-10(12,8-11)9(2,3)4/h1,12H,6-8,11H2,2-4H3. The highest BCUT2D eigenvalue weighted by Crippen LogP contribution is 2.32. The molecule has 1 unspecified atom stereocenters. The average molecular weight is 169 g/mol. The largest absolute Gasteiger partial charge is 0.388 e. The number of hydrogen-bond donors (Lipinski definition) is 2. The van der Waals surface area contributed by atoms with E-state index in [0.717, 1.165) is 0 Å². The molecule has 0 aromatic carbocycles. The fourth-order valence-corrected chi connectivity index (χ4v) is 1.06. The van der Waals surface area contributed by atoms with Gasteiger partial charge in [-0.3, -0.25) is 0 Å². The van der Waals surface area contributed by atoms with Gasteiger partial charge in [-0.15, -0.1) is 12.3 Å². The van der Waals surface area contributed by atoms with E-state index in [4.69, 9.17) is 12.2 Å². The third kappa shape index (κ3) is 2.51. The molecule has 70 valence electrons. The van der Waals surface area contributed by atoms with Gasteiger partial charge in [-0.1, -0.05) is 20.8 Å². The van der Waals surface area contributed by atoms with E-state index < -0.39 is 5.60 Å². The summed E-state index contributed by atoms with van der Waals surface area (Å²) in [6, 6.07) is 0. The van der Waals surface area contributed by atoms with Crippen LogP contribution < -0.4 is 5.73 Å². The Morgan fingerprint density at radius 1 is 1.42 bits per heavy atom. The summed E-state index contributed by atoms with van der Waals surface area (Å²) in [5.41, 5.74) is 4.47. The summed E-state index contributed by atoms with van der Waals surface area (Å²) in [7, 11) is 0. The van der Waals surface area contributed by atoms with Crippen molar-refractivity contribution in [3.8, 4) is 12.3 Å². The molecule has 0 aromatic heterocycles. The molecule has 3 N–H and O–H groups in total. The van der Waals surface area contributed by atoms with E-state index in [1.807, 2.05) is 20.8 Å². The van der Waals surface area contributed by atoms with Gasteiger partial charge in [-0.25, -0.2) is 0 Å². The van der Waals surface area contributed by atoms with Crippen molar-refractivity contribution < 1.29 is 5.11 Å². The van der Waals surface area contributed by atoms with Crippen LogP contribution in [0.1, 0.15) is 33.6 Å². The molecule has 0 bridgehead atoms. The van der Waals surface area contributed by atoms with Crippen molar-refractivity contribution in [2.75, 3.05) is 6.54 Å². The van der Waals surface area contributed by atoms with Gasteiger partial charge in [-0.05, 0) is 11.8 Å². The average Bonchev–Trinajstić information content (AvgIpc) is 1.98. The lowest BCUT2D eigenvalue weighted by Crippen LogP contribution is -2.49. The molecule has 0 aliphatic carbocycles. The molecule has 2 heteroatoms. The van der Waals surface area contributed by atoms with Gasteiger partial charge in [0.2, 0.25) is 0 Å². The Hall–Kier alpha value is -0.520. The first kappa shape index (κ1) is 11.5. The topological polar surface area (TPSA) is 46.2 Å². The van der Waals surface area contributed by atoms with Crippen LogP contribution in [0.25, 0.3) is 0 Å². The molecule has 0 aliphatic rings. The molecule has 0 radical (unpaired) electrons. The first-order valence-corrected chi connectivity index (χ1v) is 4.23. The molecule has 0 aromatic rings. The van der Waals surface area contributed by atoms with Crippen molar-refractivity contribution in [1.82, 2.24) is 0 Å². The lowest BCUT2D eigenvalue weighted by Gasteiger charge is -2.39. The second kappa shape index (κ2) is 3.93. The van der Waals surface area contributed by atoms with Gasteiger partial charge in [-0.2, -0.15) is 0 Å². The van der Waals surface area contributed by atoms with E-state index in [9.17, 15) is 5.11 Å². The molecule has 0 saturated carbocycles. The maximum Gasteiger partial charge on any atom is 0.0826 e. The number of terminal acetylenes is 1. The molecule has 0 saturated heterocycles. The van der Waals surface area contributed by atoms with Crippen molar-refractivity contribution in [3.05, 3.63) is 0 Å². The quantitative estimate of drug-likeness (QED) is 0.622. The van der Waals surface area contributed by atoms with Crippen LogP contribution in [0.3, 0.4) is 0 Å². The highest BCUT2D eigenvalue weighted by atomic mass is 16.3. The van der Waals surface area contributed by atoms with E-state index >= 15 is 0 Å². The van der Waals surface area contributed by atoms with E-state index in [2.05, 4.69) is 5.92 Å². The van der Waals surface area contributed by atoms with Gasteiger partial charge in [0.25, 0.3) is 0 Å². The number of nitrogens with two attached hydrogens (primary N) is 1. The third-order valence-electron chi connectivity index (χ3n) is 2.42. The van der Waals surface area contributed by atoms with E-state index in [-0.39, 0.29) is 12.0 Å². The fraction of sp³-hybridized carbons (Fsp3) is 0.800. The Morgan fingerprint density at radius 2 is 1.92 bits per heavy atom. The Balaban J connectivity index is 4.37. The highest BCUT2D eigenvalue weighted by molar-refractivity contribution is 4.95. The molecule has 0 rings (SSSR count). The smallest absolute Gasteiger partial charge is 0.0826 e. The van der Waals surface area contributed by atoms with Crippen LogP contribution in [0.15, 0.2) is 0 Å². The summed E-state index contributed by atoms with van der Waals surface area (Å²) in [6.45, 7) is 6.17. The van der Waals surface area contributed by atoms with Gasteiger partial charge >= 0.3 is 0 Å². The van der Waals surface area contributed by atoms with E-state index in [1.165, 1.54) is 0 Å². The van der Waals surface area contributed by atoms with Crippen molar-refractivity contribution in [2.24, 2.45) is 11.1 Å². The number of rotatable bonds is 3. The molecule has 0 heterocycles. The first-order valence-electron chi connectivity index (χ1n) is 4.23. The Bertz CT molecular complexity index is 175. The second-order valence-electron chi connectivity index (χ2n) is 4.19. The van der Waals surface area contributed by atoms with E-state index in [1.54, 1.807) is 0 Å². The highest BCUT2D eigenvalue weighted by Gasteiger charge is 2.37. The summed E-state index contributed by atoms with van der Waals surface area (Å²) in [5.74, 6) is 2.51. The van der Waals surface area contributed by atoms with Crippen LogP contribution in [-0.2, 0) is 0 Å². The Labute approximate surface area is 75.2 Å². The van der Waals surface area contributed by atoms with Gasteiger partial charge in [0.1, 0.15) is 0 Å². The molecule has 0 amide bonds. The number of aliphatic hydroxyl groups is 1. The minimum atomic E-state index is -0.834. The van der Waals surface area contributed by atoms with Crippen LogP contribution in [0, 0.1) is 17.8 Å².